The third-order valence-electron chi connectivity index (χ3n) is 8.15. The van der Waals surface area contributed by atoms with Crippen LogP contribution in [0.3, 0.4) is 0 Å². The van der Waals surface area contributed by atoms with Crippen LogP contribution in [0, 0.1) is 5.92 Å². The molecule has 17 heteroatoms. The van der Waals surface area contributed by atoms with Gasteiger partial charge >= 0.3 is 7.82 Å². The normalized spacial score (nSPS) is 18.2. The standard InChI is InChI=1S/C31H47N6O10P/c1-19(2)17-25(35-28(40)24(33-20(3)38)18-21-8-10-22(11-9-21)47-48(44,45)46)31(43)37-16-6-7-26(37)29(41)34-23(12-13-27(32)39)30(42)36-14-4-5-15-36/h8-11,19,23-26H,4-7,12-18H2,1-3H3,(H2,32,39)(H,33,38)(H,34,41)(H,35,40)(H2,44,45,46)/t23-,24-,25-,26-/m0/s1. The number of amides is 6. The molecule has 266 valence electrons. The molecule has 0 radical (unpaired) electrons. The Morgan fingerprint density at radius 1 is 0.917 bits per heavy atom. The Balaban J connectivity index is 1.75. The fourth-order valence-corrected chi connectivity index (χ4v) is 6.35. The molecule has 2 heterocycles. The number of benzene rings is 1. The van der Waals surface area contributed by atoms with Crippen LogP contribution in [0.25, 0.3) is 0 Å². The zero-order valence-electron chi connectivity index (χ0n) is 27.6. The van der Waals surface area contributed by atoms with Gasteiger partial charge in [-0.05, 0) is 62.1 Å². The number of rotatable bonds is 16. The Labute approximate surface area is 279 Å². The second-order valence-electron chi connectivity index (χ2n) is 12.7. The Morgan fingerprint density at radius 3 is 2.12 bits per heavy atom. The summed E-state index contributed by atoms with van der Waals surface area (Å²) in [4.78, 5) is 98.9. The lowest BCUT2D eigenvalue weighted by molar-refractivity contribution is -0.143. The van der Waals surface area contributed by atoms with E-state index in [-0.39, 0.29) is 49.8 Å². The summed E-state index contributed by atoms with van der Waals surface area (Å²) in [7, 11) is -4.76. The van der Waals surface area contributed by atoms with E-state index in [1.807, 2.05) is 13.8 Å². The SMILES string of the molecule is CC(=O)N[C@@H](Cc1ccc(OP(=O)(O)O)cc1)C(=O)N[C@@H](CC(C)C)C(=O)N1CCC[C@H]1C(=O)N[C@@H](CCC(N)=O)C(=O)N1CCCC1. The van der Waals surface area contributed by atoms with Crippen molar-refractivity contribution >= 4 is 43.3 Å². The van der Waals surface area contributed by atoms with Crippen molar-refractivity contribution in [2.75, 3.05) is 19.6 Å². The van der Waals surface area contributed by atoms with E-state index in [1.165, 1.54) is 36.1 Å². The molecule has 1 aromatic rings. The Hall–Kier alpha value is -4.01. The number of phosphoric acid groups is 1. The largest absolute Gasteiger partial charge is 0.524 e. The van der Waals surface area contributed by atoms with Crippen LogP contribution in [-0.4, -0.2) is 98.8 Å². The van der Waals surface area contributed by atoms with Gasteiger partial charge in [-0.25, -0.2) is 4.57 Å². The first-order valence-corrected chi connectivity index (χ1v) is 17.7. The number of hydrogen-bond acceptors (Lipinski definition) is 8. The van der Waals surface area contributed by atoms with E-state index in [4.69, 9.17) is 15.5 Å². The maximum atomic E-state index is 14.0. The maximum absolute atomic E-state index is 14.0. The fourth-order valence-electron chi connectivity index (χ4n) is 5.95. The van der Waals surface area contributed by atoms with E-state index in [0.717, 1.165) is 12.8 Å². The van der Waals surface area contributed by atoms with E-state index in [2.05, 4.69) is 20.5 Å². The lowest BCUT2D eigenvalue weighted by Crippen LogP contribution is -2.58. The van der Waals surface area contributed by atoms with Crippen LogP contribution in [0.4, 0.5) is 0 Å². The molecular weight excluding hydrogens is 647 g/mol. The van der Waals surface area contributed by atoms with Crippen LogP contribution < -0.4 is 26.2 Å². The molecule has 48 heavy (non-hydrogen) atoms. The molecule has 16 nitrogen and oxygen atoms in total. The highest BCUT2D eigenvalue weighted by Gasteiger charge is 2.40. The molecule has 0 bridgehead atoms. The minimum atomic E-state index is -4.76. The number of nitrogens with zero attached hydrogens (tertiary/aromatic N) is 2. The first kappa shape index (κ1) is 38.4. The lowest BCUT2D eigenvalue weighted by Gasteiger charge is -2.31. The van der Waals surface area contributed by atoms with Crippen molar-refractivity contribution in [3.05, 3.63) is 29.8 Å². The molecule has 0 unspecified atom stereocenters. The summed E-state index contributed by atoms with van der Waals surface area (Å²) in [5, 5.41) is 8.11. The predicted octanol–water partition coefficient (Wildman–Crippen LogP) is 0.0999. The molecule has 0 aromatic heterocycles. The average Bonchev–Trinajstić information content (AvgIpc) is 3.71. The van der Waals surface area contributed by atoms with Crippen molar-refractivity contribution in [3.63, 3.8) is 0 Å². The minimum absolute atomic E-state index is 0.00330. The number of nitrogens with two attached hydrogens (primary N) is 1. The number of carbonyl (C=O) groups excluding carboxylic acids is 6. The number of likely N-dealkylation sites (tertiary alicyclic amines) is 2. The molecule has 2 aliphatic rings. The topological polar surface area (TPSA) is 238 Å². The van der Waals surface area contributed by atoms with E-state index < -0.39 is 61.5 Å². The number of primary amides is 1. The second kappa shape index (κ2) is 17.4. The van der Waals surface area contributed by atoms with Gasteiger partial charge in [-0.1, -0.05) is 26.0 Å². The van der Waals surface area contributed by atoms with Gasteiger partial charge in [0.15, 0.2) is 0 Å². The van der Waals surface area contributed by atoms with Gasteiger partial charge in [0, 0.05) is 39.4 Å². The van der Waals surface area contributed by atoms with Gasteiger partial charge in [0.05, 0.1) is 0 Å². The second-order valence-corrected chi connectivity index (χ2v) is 13.8. The molecule has 7 N–H and O–H groups in total. The molecule has 2 saturated heterocycles. The van der Waals surface area contributed by atoms with Crippen LogP contribution in [0.5, 0.6) is 5.75 Å². The summed E-state index contributed by atoms with van der Waals surface area (Å²) in [5.41, 5.74) is 5.86. The molecule has 0 aliphatic carbocycles. The van der Waals surface area contributed by atoms with Crippen LogP contribution in [0.1, 0.15) is 71.3 Å². The van der Waals surface area contributed by atoms with Crippen LogP contribution in [-0.2, 0) is 39.8 Å². The number of phosphoric ester groups is 1. The molecule has 2 fully saturated rings. The monoisotopic (exact) mass is 694 g/mol. The molecule has 3 rings (SSSR count). The predicted molar refractivity (Wildman–Crippen MR) is 173 cm³/mol. The van der Waals surface area contributed by atoms with Gasteiger partial charge in [-0.3, -0.25) is 38.6 Å². The molecule has 0 spiro atoms. The third-order valence-corrected chi connectivity index (χ3v) is 8.60. The smallest absolute Gasteiger partial charge is 0.404 e. The van der Waals surface area contributed by atoms with Crippen molar-refractivity contribution in [2.45, 2.75) is 96.3 Å². The number of nitrogens with one attached hydrogen (secondary N) is 3. The minimum Gasteiger partial charge on any atom is -0.404 e. The molecular formula is C31H47N6O10P. The van der Waals surface area contributed by atoms with Crippen LogP contribution in [0.2, 0.25) is 0 Å². The number of hydrogen-bond donors (Lipinski definition) is 6. The quantitative estimate of drug-likeness (QED) is 0.128. The first-order valence-electron chi connectivity index (χ1n) is 16.1. The van der Waals surface area contributed by atoms with E-state index in [1.54, 1.807) is 4.90 Å². The highest BCUT2D eigenvalue weighted by molar-refractivity contribution is 7.46. The summed E-state index contributed by atoms with van der Waals surface area (Å²) in [6, 6.07) is 1.62. The van der Waals surface area contributed by atoms with E-state index in [9.17, 15) is 33.3 Å². The van der Waals surface area contributed by atoms with E-state index in [0.29, 0.717) is 31.5 Å². The van der Waals surface area contributed by atoms with Gasteiger partial charge < -0.3 is 36.0 Å². The Kier molecular flexibility index (Phi) is 13.9. The molecule has 2 aliphatic heterocycles. The van der Waals surface area contributed by atoms with Crippen LogP contribution in [0.15, 0.2) is 24.3 Å². The lowest BCUT2D eigenvalue weighted by atomic mass is 10.00. The van der Waals surface area contributed by atoms with Gasteiger partial charge in [0.25, 0.3) is 0 Å². The van der Waals surface area contributed by atoms with Gasteiger partial charge in [0.2, 0.25) is 35.4 Å². The fraction of sp³-hybridized carbons (Fsp3) is 0.613. The molecule has 1 aromatic carbocycles. The van der Waals surface area contributed by atoms with Crippen molar-refractivity contribution < 1.29 is 47.6 Å². The number of carbonyl (C=O) groups is 6. The zero-order valence-corrected chi connectivity index (χ0v) is 28.4. The third kappa shape index (κ3) is 11.9. The van der Waals surface area contributed by atoms with Crippen molar-refractivity contribution in [2.24, 2.45) is 11.7 Å². The summed E-state index contributed by atoms with van der Waals surface area (Å²) in [5.74, 6) is -3.15. The average molecular weight is 695 g/mol. The van der Waals surface area contributed by atoms with Crippen LogP contribution >= 0.6 is 7.82 Å². The van der Waals surface area contributed by atoms with Gasteiger partial charge in [0.1, 0.15) is 29.9 Å². The highest BCUT2D eigenvalue weighted by Crippen LogP contribution is 2.37. The maximum Gasteiger partial charge on any atom is 0.524 e. The summed E-state index contributed by atoms with van der Waals surface area (Å²) in [6.45, 7) is 6.36. The molecule has 0 saturated carbocycles. The summed E-state index contributed by atoms with van der Waals surface area (Å²) in [6.07, 6.45) is 2.74. The van der Waals surface area contributed by atoms with Crippen molar-refractivity contribution in [1.82, 2.24) is 25.8 Å². The van der Waals surface area contributed by atoms with Crippen molar-refractivity contribution in [1.29, 1.82) is 0 Å². The zero-order chi connectivity index (χ0) is 35.6. The van der Waals surface area contributed by atoms with Gasteiger partial charge in [-0.2, -0.15) is 0 Å². The van der Waals surface area contributed by atoms with Gasteiger partial charge in [-0.15, -0.1) is 0 Å². The Morgan fingerprint density at radius 2 is 1.56 bits per heavy atom. The summed E-state index contributed by atoms with van der Waals surface area (Å²) < 4.78 is 15.7. The van der Waals surface area contributed by atoms with E-state index >= 15 is 0 Å². The molecule has 4 atom stereocenters. The Bertz CT molecular complexity index is 1380. The molecule has 6 amide bonds. The summed E-state index contributed by atoms with van der Waals surface area (Å²) >= 11 is 0. The highest BCUT2D eigenvalue weighted by atomic mass is 31.2. The first-order chi connectivity index (χ1) is 22.5. The van der Waals surface area contributed by atoms with Crippen molar-refractivity contribution in [3.8, 4) is 5.75 Å².